The van der Waals surface area contributed by atoms with E-state index in [4.69, 9.17) is 4.74 Å². The Morgan fingerprint density at radius 2 is 1.87 bits per heavy atom. The molecule has 6 heteroatoms. The highest BCUT2D eigenvalue weighted by Gasteiger charge is 2.56. The summed E-state index contributed by atoms with van der Waals surface area (Å²) in [5.74, 6) is -0.0824. The van der Waals surface area contributed by atoms with Gasteiger partial charge in [-0.05, 0) is 31.0 Å². The predicted molar refractivity (Wildman–Crippen MR) is 119 cm³/mol. The van der Waals surface area contributed by atoms with Gasteiger partial charge < -0.3 is 19.5 Å². The van der Waals surface area contributed by atoms with E-state index in [2.05, 4.69) is 42.2 Å². The minimum Gasteiger partial charge on any atom is -0.383 e. The molecule has 2 amide bonds. The van der Waals surface area contributed by atoms with Crippen LogP contribution in [-0.2, 0) is 19.9 Å². The van der Waals surface area contributed by atoms with Crippen molar-refractivity contribution in [3.63, 3.8) is 0 Å². The molecule has 1 unspecified atom stereocenters. The molecule has 6 nitrogen and oxygen atoms in total. The average Bonchev–Trinajstić information content (AvgIpc) is 3.17. The first-order valence-electron chi connectivity index (χ1n) is 10.7. The fourth-order valence-corrected chi connectivity index (χ4v) is 5.16. The van der Waals surface area contributed by atoms with Gasteiger partial charge in [-0.15, -0.1) is 0 Å². The number of aryl methyl sites for hydroxylation is 1. The first-order valence-corrected chi connectivity index (χ1v) is 10.7. The maximum atomic E-state index is 13.7. The Hall–Kier alpha value is -3.12. The number of rotatable bonds is 4. The number of para-hydroxylation sites is 1. The zero-order chi connectivity index (χ0) is 21.8. The number of fused-ring (bicyclic) bond motifs is 5. The van der Waals surface area contributed by atoms with Gasteiger partial charge in [0.25, 0.3) is 5.91 Å². The molecule has 1 N–H and O–H groups in total. The van der Waals surface area contributed by atoms with E-state index in [1.807, 2.05) is 25.1 Å². The van der Waals surface area contributed by atoms with E-state index < -0.39 is 5.54 Å². The maximum Gasteiger partial charge on any atom is 0.255 e. The summed E-state index contributed by atoms with van der Waals surface area (Å²) in [5.41, 5.74) is 4.22. The minimum atomic E-state index is -1.06. The lowest BCUT2D eigenvalue weighted by Crippen LogP contribution is -2.67. The number of H-pyrrole nitrogens is 1. The van der Waals surface area contributed by atoms with Gasteiger partial charge in [0, 0.05) is 37.0 Å². The number of carbonyl (C=O) groups is 2. The van der Waals surface area contributed by atoms with E-state index in [0.717, 1.165) is 27.7 Å². The van der Waals surface area contributed by atoms with Crippen LogP contribution in [-0.4, -0.2) is 59.9 Å². The highest BCUT2D eigenvalue weighted by molar-refractivity contribution is 6.01. The van der Waals surface area contributed by atoms with Crippen LogP contribution in [0.5, 0.6) is 0 Å². The van der Waals surface area contributed by atoms with Gasteiger partial charge in [0.05, 0.1) is 18.8 Å². The van der Waals surface area contributed by atoms with Crippen molar-refractivity contribution >= 4 is 22.7 Å². The second-order valence-electron chi connectivity index (χ2n) is 8.72. The van der Waals surface area contributed by atoms with Crippen LogP contribution in [0.2, 0.25) is 0 Å². The van der Waals surface area contributed by atoms with E-state index in [0.29, 0.717) is 19.7 Å². The van der Waals surface area contributed by atoms with Gasteiger partial charge in [0.15, 0.2) is 5.54 Å². The zero-order valence-electron chi connectivity index (χ0n) is 18.1. The van der Waals surface area contributed by atoms with Crippen molar-refractivity contribution in [3.8, 4) is 0 Å². The van der Waals surface area contributed by atoms with Crippen LogP contribution in [0.25, 0.3) is 10.9 Å². The van der Waals surface area contributed by atoms with Crippen LogP contribution in [0.3, 0.4) is 0 Å². The smallest absolute Gasteiger partial charge is 0.255 e. The summed E-state index contributed by atoms with van der Waals surface area (Å²) in [6.45, 7) is 5.33. The SMILES string of the molecule is COCCN1CC(=O)N2CC(c3ccc(C)cc3)c3c([nH]c4ccccc34)[C@@]2(C)C1=O. The van der Waals surface area contributed by atoms with Crippen LogP contribution in [0.1, 0.15) is 35.2 Å². The highest BCUT2D eigenvalue weighted by Crippen LogP contribution is 2.48. The molecule has 2 aliphatic heterocycles. The second kappa shape index (κ2) is 7.24. The Kier molecular flexibility index (Phi) is 4.63. The number of nitrogens with zero attached hydrogens (tertiary/aromatic N) is 2. The molecule has 0 spiro atoms. The van der Waals surface area contributed by atoms with Crippen molar-refractivity contribution < 1.29 is 14.3 Å². The Labute approximate surface area is 181 Å². The van der Waals surface area contributed by atoms with E-state index in [1.54, 1.807) is 16.9 Å². The first kappa shape index (κ1) is 19.8. The molecule has 2 aliphatic rings. The molecule has 160 valence electrons. The molecule has 5 rings (SSSR count). The monoisotopic (exact) mass is 417 g/mol. The quantitative estimate of drug-likeness (QED) is 0.709. The topological polar surface area (TPSA) is 65.6 Å². The van der Waals surface area contributed by atoms with E-state index in [-0.39, 0.29) is 24.3 Å². The summed E-state index contributed by atoms with van der Waals surface area (Å²) >= 11 is 0. The highest BCUT2D eigenvalue weighted by atomic mass is 16.5. The molecule has 31 heavy (non-hydrogen) atoms. The molecule has 1 aromatic heterocycles. The summed E-state index contributed by atoms with van der Waals surface area (Å²) in [7, 11) is 1.60. The van der Waals surface area contributed by atoms with Crippen molar-refractivity contribution in [1.82, 2.24) is 14.8 Å². The third kappa shape index (κ3) is 2.89. The third-order valence-electron chi connectivity index (χ3n) is 6.86. The lowest BCUT2D eigenvalue weighted by molar-refractivity contribution is -0.166. The van der Waals surface area contributed by atoms with Crippen molar-refractivity contribution in [2.45, 2.75) is 25.3 Å². The van der Waals surface area contributed by atoms with Gasteiger partial charge in [0.2, 0.25) is 5.91 Å². The molecule has 3 heterocycles. The summed E-state index contributed by atoms with van der Waals surface area (Å²) in [6.07, 6.45) is 0. The molecule has 0 aliphatic carbocycles. The largest absolute Gasteiger partial charge is 0.383 e. The summed E-state index contributed by atoms with van der Waals surface area (Å²) in [4.78, 5) is 33.9. The van der Waals surface area contributed by atoms with Gasteiger partial charge >= 0.3 is 0 Å². The van der Waals surface area contributed by atoms with Crippen LogP contribution in [0, 0.1) is 6.92 Å². The second-order valence-corrected chi connectivity index (χ2v) is 8.72. The normalized spacial score (nSPS) is 23.3. The number of hydrogen-bond donors (Lipinski definition) is 1. The number of carbonyl (C=O) groups excluding carboxylic acids is 2. The number of hydrogen-bond acceptors (Lipinski definition) is 3. The summed E-state index contributed by atoms with van der Waals surface area (Å²) < 4.78 is 5.17. The van der Waals surface area contributed by atoms with Crippen LogP contribution in [0.15, 0.2) is 48.5 Å². The Balaban J connectivity index is 1.72. The molecule has 1 fully saturated rings. The molecule has 2 atom stereocenters. The standard InChI is InChI=1S/C25H27N3O3/c1-16-8-10-17(11-9-16)19-14-28-21(29)15-27(12-13-31-3)24(30)25(28,2)23-22(19)18-6-4-5-7-20(18)26-23/h4-11,19,26H,12-15H2,1-3H3/t19?,25-/m0/s1. The van der Waals surface area contributed by atoms with Gasteiger partial charge in [0.1, 0.15) is 0 Å². The van der Waals surface area contributed by atoms with Crippen molar-refractivity contribution in [1.29, 1.82) is 0 Å². The number of aromatic amines is 1. The third-order valence-corrected chi connectivity index (χ3v) is 6.86. The Morgan fingerprint density at radius 1 is 1.13 bits per heavy atom. The zero-order valence-corrected chi connectivity index (χ0v) is 18.1. The lowest BCUT2D eigenvalue weighted by atomic mass is 9.76. The van der Waals surface area contributed by atoms with Gasteiger partial charge in [-0.25, -0.2) is 0 Å². The molecule has 1 saturated heterocycles. The maximum absolute atomic E-state index is 13.7. The number of methoxy groups -OCH3 is 1. The number of amides is 2. The van der Waals surface area contributed by atoms with E-state index >= 15 is 0 Å². The molecular formula is C25H27N3O3. The summed E-state index contributed by atoms with van der Waals surface area (Å²) in [5, 5.41) is 1.11. The van der Waals surface area contributed by atoms with Crippen LogP contribution >= 0.6 is 0 Å². The number of piperazine rings is 1. The predicted octanol–water partition coefficient (Wildman–Crippen LogP) is 3.15. The van der Waals surface area contributed by atoms with Crippen LogP contribution in [0.4, 0.5) is 0 Å². The lowest BCUT2D eigenvalue weighted by Gasteiger charge is -2.51. The van der Waals surface area contributed by atoms with Gasteiger partial charge in [-0.3, -0.25) is 9.59 Å². The molecular weight excluding hydrogens is 390 g/mol. The molecule has 0 radical (unpaired) electrons. The first-order chi connectivity index (χ1) is 14.9. The minimum absolute atomic E-state index is 0.00194. The van der Waals surface area contributed by atoms with E-state index in [9.17, 15) is 9.59 Å². The Bertz CT molecular complexity index is 1170. The van der Waals surface area contributed by atoms with E-state index in [1.165, 1.54) is 5.56 Å². The Morgan fingerprint density at radius 3 is 2.61 bits per heavy atom. The average molecular weight is 418 g/mol. The molecule has 0 saturated carbocycles. The molecule has 3 aromatic rings. The summed E-state index contributed by atoms with van der Waals surface area (Å²) in [6, 6.07) is 16.6. The van der Waals surface area contributed by atoms with Gasteiger partial charge in [-0.1, -0.05) is 48.0 Å². The number of benzene rings is 2. The van der Waals surface area contributed by atoms with Crippen molar-refractivity contribution in [2.75, 3.05) is 33.4 Å². The fraction of sp³-hybridized carbons (Fsp3) is 0.360. The van der Waals surface area contributed by atoms with Gasteiger partial charge in [-0.2, -0.15) is 0 Å². The van der Waals surface area contributed by atoms with Crippen molar-refractivity contribution in [3.05, 3.63) is 70.9 Å². The molecule has 2 aromatic carbocycles. The van der Waals surface area contributed by atoms with Crippen molar-refractivity contribution in [2.24, 2.45) is 0 Å². The number of ether oxygens (including phenoxy) is 1. The number of aromatic nitrogens is 1. The number of nitrogens with one attached hydrogen (secondary N) is 1. The molecule has 0 bridgehead atoms. The fourth-order valence-electron chi connectivity index (χ4n) is 5.16. The van der Waals surface area contributed by atoms with Crippen LogP contribution < -0.4 is 0 Å².